The largest absolute Gasteiger partial charge is 0.351 e. The molecule has 0 unspecified atom stereocenters. The molecule has 1 aromatic carbocycles. The first-order valence-electron chi connectivity index (χ1n) is 7.75. The van der Waals surface area contributed by atoms with E-state index in [1.807, 2.05) is 37.3 Å². The zero-order chi connectivity index (χ0) is 18.4. The molecule has 0 spiro atoms. The molecule has 2 heterocycles. The summed E-state index contributed by atoms with van der Waals surface area (Å²) >= 11 is 8.86. The van der Waals surface area contributed by atoms with Gasteiger partial charge in [-0.25, -0.2) is 0 Å². The Morgan fingerprint density at radius 3 is 2.96 bits per heavy atom. The Morgan fingerprint density at radius 1 is 1.31 bits per heavy atom. The Hall–Kier alpha value is -2.16. The number of benzene rings is 1. The van der Waals surface area contributed by atoms with Crippen molar-refractivity contribution in [2.24, 2.45) is 0 Å². The van der Waals surface area contributed by atoms with Gasteiger partial charge >= 0.3 is 0 Å². The van der Waals surface area contributed by atoms with Gasteiger partial charge in [-0.2, -0.15) is 0 Å². The number of aromatic nitrogens is 3. The van der Waals surface area contributed by atoms with E-state index in [9.17, 15) is 4.79 Å². The van der Waals surface area contributed by atoms with Crippen molar-refractivity contribution in [2.75, 3.05) is 11.1 Å². The predicted molar refractivity (Wildman–Crippen MR) is 106 cm³/mol. The number of halogens is 1. The van der Waals surface area contributed by atoms with Crippen molar-refractivity contribution in [1.29, 1.82) is 0 Å². The summed E-state index contributed by atoms with van der Waals surface area (Å²) in [6.45, 7) is 2.41. The van der Waals surface area contributed by atoms with Crippen LogP contribution in [0.15, 0.2) is 47.1 Å². The van der Waals surface area contributed by atoms with E-state index in [1.54, 1.807) is 12.4 Å². The highest BCUT2D eigenvalue weighted by atomic mass is 35.5. The fourth-order valence-electron chi connectivity index (χ4n) is 1.99. The molecule has 134 valence electrons. The van der Waals surface area contributed by atoms with Crippen molar-refractivity contribution in [3.8, 4) is 0 Å². The lowest BCUT2D eigenvalue weighted by Gasteiger charge is -2.04. The number of rotatable bonds is 7. The molecule has 6 nitrogen and oxygen atoms in total. The molecule has 1 amide bonds. The van der Waals surface area contributed by atoms with Gasteiger partial charge in [-0.1, -0.05) is 46.8 Å². The average Bonchev–Trinajstić information content (AvgIpc) is 3.09. The summed E-state index contributed by atoms with van der Waals surface area (Å²) in [5.74, 6) is 0.222. The highest BCUT2D eigenvalue weighted by Gasteiger charge is 2.09. The van der Waals surface area contributed by atoms with Crippen molar-refractivity contribution in [1.82, 2.24) is 20.5 Å². The lowest BCUT2D eigenvalue weighted by molar-refractivity contribution is -0.118. The molecule has 0 aliphatic heterocycles. The second kappa shape index (κ2) is 8.98. The molecule has 0 atom stereocenters. The van der Waals surface area contributed by atoms with Crippen molar-refractivity contribution in [3.05, 3.63) is 58.9 Å². The molecule has 0 aliphatic rings. The molecule has 0 bridgehead atoms. The van der Waals surface area contributed by atoms with Crippen LogP contribution in [0.25, 0.3) is 0 Å². The minimum atomic E-state index is -0.0612. The number of nitrogens with zero attached hydrogens (tertiary/aromatic N) is 3. The van der Waals surface area contributed by atoms with Gasteiger partial charge in [0.15, 0.2) is 4.34 Å². The number of aryl methyl sites for hydroxylation is 1. The highest BCUT2D eigenvalue weighted by molar-refractivity contribution is 8.01. The van der Waals surface area contributed by atoms with Crippen molar-refractivity contribution in [2.45, 2.75) is 17.8 Å². The maximum Gasteiger partial charge on any atom is 0.230 e. The maximum absolute atomic E-state index is 11.9. The number of carbonyl (C=O) groups is 1. The maximum atomic E-state index is 11.9. The summed E-state index contributed by atoms with van der Waals surface area (Å²) < 4.78 is 0.724. The van der Waals surface area contributed by atoms with Crippen molar-refractivity contribution < 1.29 is 4.79 Å². The molecule has 3 rings (SSSR count). The molecule has 2 N–H and O–H groups in total. The molecule has 3 aromatic rings. The van der Waals surface area contributed by atoms with E-state index in [4.69, 9.17) is 11.6 Å². The summed E-state index contributed by atoms with van der Waals surface area (Å²) in [6.07, 6.45) is 3.43. The van der Waals surface area contributed by atoms with E-state index in [2.05, 4.69) is 25.8 Å². The van der Waals surface area contributed by atoms with Crippen LogP contribution in [0.5, 0.6) is 0 Å². The summed E-state index contributed by atoms with van der Waals surface area (Å²) in [5, 5.41) is 15.5. The van der Waals surface area contributed by atoms with E-state index in [0.717, 1.165) is 21.2 Å². The second-order valence-electron chi connectivity index (χ2n) is 5.39. The van der Waals surface area contributed by atoms with Crippen LogP contribution in [-0.4, -0.2) is 26.8 Å². The minimum absolute atomic E-state index is 0.0612. The predicted octanol–water partition coefficient (Wildman–Crippen LogP) is 4.05. The molecule has 0 fully saturated rings. The van der Waals surface area contributed by atoms with Gasteiger partial charge in [0.2, 0.25) is 11.0 Å². The number of carbonyl (C=O) groups excluding carboxylic acids is 1. The van der Waals surface area contributed by atoms with Crippen LogP contribution in [0.1, 0.15) is 11.1 Å². The molecule has 26 heavy (non-hydrogen) atoms. The van der Waals surface area contributed by atoms with Gasteiger partial charge in [-0.3, -0.25) is 9.78 Å². The summed E-state index contributed by atoms with van der Waals surface area (Å²) in [5.41, 5.74) is 2.83. The average molecular weight is 406 g/mol. The Labute approximate surface area is 164 Å². The van der Waals surface area contributed by atoms with Gasteiger partial charge in [0.05, 0.1) is 5.75 Å². The monoisotopic (exact) mass is 405 g/mol. The summed E-state index contributed by atoms with van der Waals surface area (Å²) in [6, 6.07) is 9.47. The van der Waals surface area contributed by atoms with Crippen LogP contribution in [0.4, 0.5) is 10.8 Å². The molecule has 0 saturated heterocycles. The van der Waals surface area contributed by atoms with Gasteiger partial charge < -0.3 is 10.6 Å². The first-order chi connectivity index (χ1) is 12.6. The molecule has 0 saturated carbocycles. The Bertz CT molecular complexity index is 888. The smallest absolute Gasteiger partial charge is 0.230 e. The third-order valence-corrected chi connectivity index (χ3v) is 5.75. The van der Waals surface area contributed by atoms with Gasteiger partial charge in [0.1, 0.15) is 0 Å². The number of amides is 1. The molecule has 2 aromatic heterocycles. The Kier molecular flexibility index (Phi) is 6.43. The van der Waals surface area contributed by atoms with Gasteiger partial charge in [0.25, 0.3) is 0 Å². The SMILES string of the molecule is Cc1ccc(Nc2nnc(SCC(=O)NCc3cccnc3)s2)cc1Cl. The van der Waals surface area contributed by atoms with Crippen LogP contribution in [0.3, 0.4) is 0 Å². The van der Waals surface area contributed by atoms with Crippen LogP contribution in [0.2, 0.25) is 5.02 Å². The van der Waals surface area contributed by atoms with E-state index in [-0.39, 0.29) is 11.7 Å². The van der Waals surface area contributed by atoms with Crippen LogP contribution in [-0.2, 0) is 11.3 Å². The molecular weight excluding hydrogens is 390 g/mol. The number of nitrogens with one attached hydrogen (secondary N) is 2. The molecular formula is C17H16ClN5OS2. The minimum Gasteiger partial charge on any atom is -0.351 e. The standard InChI is InChI=1S/C17H16ClN5OS2/c1-11-4-5-13(7-14(11)18)21-16-22-23-17(26-16)25-10-15(24)20-9-12-3-2-6-19-8-12/h2-8H,9-10H2,1H3,(H,20,24)(H,21,22). The topological polar surface area (TPSA) is 79.8 Å². The highest BCUT2D eigenvalue weighted by Crippen LogP contribution is 2.29. The van der Waals surface area contributed by atoms with Crippen LogP contribution >= 0.6 is 34.7 Å². The number of anilines is 2. The number of pyridine rings is 1. The van der Waals surface area contributed by atoms with E-state index < -0.39 is 0 Å². The fourth-order valence-corrected chi connectivity index (χ4v) is 3.78. The Balaban J connectivity index is 1.47. The van der Waals surface area contributed by atoms with Gasteiger partial charge in [-0.05, 0) is 36.2 Å². The van der Waals surface area contributed by atoms with Gasteiger partial charge in [0, 0.05) is 29.6 Å². The van der Waals surface area contributed by atoms with Crippen LogP contribution in [0, 0.1) is 6.92 Å². The quantitative estimate of drug-likeness (QED) is 0.577. The number of thioether (sulfide) groups is 1. The molecule has 0 radical (unpaired) electrons. The van der Waals surface area contributed by atoms with Crippen LogP contribution < -0.4 is 10.6 Å². The number of hydrogen-bond acceptors (Lipinski definition) is 7. The Morgan fingerprint density at radius 2 is 2.19 bits per heavy atom. The van der Waals surface area contributed by atoms with Crippen molar-refractivity contribution >= 4 is 51.4 Å². The fraction of sp³-hybridized carbons (Fsp3) is 0.176. The molecule has 9 heteroatoms. The number of hydrogen-bond donors (Lipinski definition) is 2. The zero-order valence-electron chi connectivity index (χ0n) is 13.9. The third-order valence-electron chi connectivity index (χ3n) is 3.37. The molecule has 0 aliphatic carbocycles. The third kappa shape index (κ3) is 5.42. The van der Waals surface area contributed by atoms with Gasteiger partial charge in [-0.15, -0.1) is 10.2 Å². The van der Waals surface area contributed by atoms with Crippen molar-refractivity contribution in [3.63, 3.8) is 0 Å². The first kappa shape index (κ1) is 18.6. The van der Waals surface area contributed by atoms with E-state index in [0.29, 0.717) is 16.7 Å². The van der Waals surface area contributed by atoms with E-state index in [1.165, 1.54) is 23.1 Å². The lowest BCUT2D eigenvalue weighted by atomic mass is 10.2. The normalized spacial score (nSPS) is 10.5. The summed E-state index contributed by atoms with van der Waals surface area (Å²) in [7, 11) is 0. The zero-order valence-corrected chi connectivity index (χ0v) is 16.3. The summed E-state index contributed by atoms with van der Waals surface area (Å²) in [4.78, 5) is 15.9. The van der Waals surface area contributed by atoms with E-state index >= 15 is 0 Å². The first-order valence-corrected chi connectivity index (χ1v) is 9.93. The second-order valence-corrected chi connectivity index (χ2v) is 8.00. The lowest BCUT2D eigenvalue weighted by Crippen LogP contribution is -2.24.